The zero-order chi connectivity index (χ0) is 21.8. The Labute approximate surface area is 175 Å². The number of fused-ring (bicyclic) bond motifs is 1. The molecule has 2 aromatic carbocycles. The van der Waals surface area contributed by atoms with Gasteiger partial charge in [0.2, 0.25) is 5.76 Å². The Balaban J connectivity index is 1.58. The first-order valence-corrected chi connectivity index (χ1v) is 9.33. The summed E-state index contributed by atoms with van der Waals surface area (Å²) in [7, 11) is 0. The first-order chi connectivity index (χ1) is 15.0. The van der Waals surface area contributed by atoms with Gasteiger partial charge in [-0.25, -0.2) is 9.78 Å². The fraction of sp³-hybridized carbons (Fsp3) is 0.0952. The number of nitrogens with two attached hydrogens (primary N) is 1. The molecule has 0 aliphatic carbocycles. The molecule has 10 heteroatoms. The molecule has 0 aliphatic rings. The molecular formula is C21H18N6O4. The minimum Gasteiger partial charge on any atom is -0.403 e. The van der Waals surface area contributed by atoms with E-state index in [4.69, 9.17) is 10.2 Å². The maximum absolute atomic E-state index is 12.5. The summed E-state index contributed by atoms with van der Waals surface area (Å²) in [5, 5.41) is 7.51. The number of carbonyl (C=O) groups is 2. The number of rotatable bonds is 6. The van der Waals surface area contributed by atoms with Crippen LogP contribution in [-0.2, 0) is 0 Å². The van der Waals surface area contributed by atoms with Crippen LogP contribution in [0.2, 0.25) is 0 Å². The summed E-state index contributed by atoms with van der Waals surface area (Å²) in [5.41, 5.74) is 6.39. The number of hydrogen-bond donors (Lipinski definition) is 4. The highest BCUT2D eigenvalue weighted by Crippen LogP contribution is 2.21. The average molecular weight is 418 g/mol. The molecule has 0 radical (unpaired) electrons. The van der Waals surface area contributed by atoms with Gasteiger partial charge in [-0.3, -0.25) is 19.6 Å². The first kappa shape index (κ1) is 19.8. The Morgan fingerprint density at radius 2 is 1.90 bits per heavy atom. The standard InChI is InChI=1S/C21H18N6O4/c22-18-11-23-8-16(26-18)19(28)24-9-15(27-20(29)17-10-25-21(30)31-17)14-6-5-12-3-1-2-4-13(12)7-14/h1-8,10-11,15H,9H2,(H2,22,26)(H,24,28)(H,25,30)(H,27,29). The quantitative estimate of drug-likeness (QED) is 0.369. The number of benzene rings is 2. The fourth-order valence-corrected chi connectivity index (χ4v) is 3.08. The fourth-order valence-electron chi connectivity index (χ4n) is 3.08. The van der Waals surface area contributed by atoms with Crippen LogP contribution in [0.25, 0.3) is 10.8 Å². The van der Waals surface area contributed by atoms with Crippen LogP contribution in [0.1, 0.15) is 32.6 Å². The number of hydrogen-bond acceptors (Lipinski definition) is 7. The Morgan fingerprint density at radius 1 is 1.10 bits per heavy atom. The van der Waals surface area contributed by atoms with Crippen LogP contribution in [-0.4, -0.2) is 33.3 Å². The molecule has 31 heavy (non-hydrogen) atoms. The summed E-state index contributed by atoms with van der Waals surface area (Å²) in [5.74, 6) is -1.87. The number of nitrogen functional groups attached to an aromatic ring is 1. The second-order valence-corrected chi connectivity index (χ2v) is 6.71. The smallest absolute Gasteiger partial charge is 0.403 e. The third-order valence-corrected chi connectivity index (χ3v) is 4.58. The van der Waals surface area contributed by atoms with E-state index in [1.807, 2.05) is 42.5 Å². The van der Waals surface area contributed by atoms with Crippen molar-refractivity contribution >= 4 is 28.4 Å². The Hall–Kier alpha value is -4.47. The van der Waals surface area contributed by atoms with Crippen molar-refractivity contribution in [1.29, 1.82) is 0 Å². The Morgan fingerprint density at radius 3 is 2.65 bits per heavy atom. The van der Waals surface area contributed by atoms with Gasteiger partial charge in [-0.05, 0) is 22.4 Å². The van der Waals surface area contributed by atoms with Crippen molar-refractivity contribution in [3.63, 3.8) is 0 Å². The molecule has 10 nitrogen and oxygen atoms in total. The van der Waals surface area contributed by atoms with Crippen molar-refractivity contribution in [3.05, 3.63) is 88.6 Å². The summed E-state index contributed by atoms with van der Waals surface area (Å²) >= 11 is 0. The van der Waals surface area contributed by atoms with Crippen molar-refractivity contribution < 1.29 is 14.0 Å². The van der Waals surface area contributed by atoms with Crippen LogP contribution in [0.4, 0.5) is 5.82 Å². The molecule has 156 valence electrons. The van der Waals surface area contributed by atoms with Gasteiger partial charge in [-0.15, -0.1) is 0 Å². The van der Waals surface area contributed by atoms with Gasteiger partial charge in [0.15, 0.2) is 0 Å². The zero-order valence-electron chi connectivity index (χ0n) is 16.2. The van der Waals surface area contributed by atoms with Crippen LogP contribution in [0.5, 0.6) is 0 Å². The number of H-pyrrole nitrogens is 1. The van der Waals surface area contributed by atoms with E-state index in [9.17, 15) is 14.4 Å². The first-order valence-electron chi connectivity index (χ1n) is 9.33. The summed E-state index contributed by atoms with van der Waals surface area (Å²) in [4.78, 5) is 46.3. The minimum absolute atomic E-state index is 0.0497. The molecule has 1 atom stereocenters. The van der Waals surface area contributed by atoms with Gasteiger partial charge in [0.25, 0.3) is 11.8 Å². The van der Waals surface area contributed by atoms with E-state index in [2.05, 4.69) is 25.6 Å². The molecule has 0 aliphatic heterocycles. The van der Waals surface area contributed by atoms with Crippen molar-refractivity contribution in [2.45, 2.75) is 6.04 Å². The summed E-state index contributed by atoms with van der Waals surface area (Å²) < 4.78 is 4.82. The van der Waals surface area contributed by atoms with Crippen molar-refractivity contribution in [2.75, 3.05) is 12.3 Å². The number of aromatic nitrogens is 3. The summed E-state index contributed by atoms with van der Waals surface area (Å²) in [6.45, 7) is 0.0497. The van der Waals surface area contributed by atoms with Gasteiger partial charge in [0.1, 0.15) is 11.5 Å². The number of carbonyl (C=O) groups excluding carboxylic acids is 2. The van der Waals surface area contributed by atoms with Crippen LogP contribution in [0, 0.1) is 0 Å². The second-order valence-electron chi connectivity index (χ2n) is 6.71. The lowest BCUT2D eigenvalue weighted by molar-refractivity contribution is 0.0887. The molecule has 0 saturated carbocycles. The van der Waals surface area contributed by atoms with Crippen LogP contribution >= 0.6 is 0 Å². The van der Waals surface area contributed by atoms with Gasteiger partial charge in [0.05, 0.1) is 24.6 Å². The Bertz CT molecular complexity index is 1310. The van der Waals surface area contributed by atoms with E-state index >= 15 is 0 Å². The SMILES string of the molecule is Nc1cncc(C(=O)NCC(NC(=O)c2c[nH]c(=O)o2)c2ccc3ccccc3c2)n1. The molecule has 2 amide bonds. The van der Waals surface area contributed by atoms with Crippen LogP contribution in [0.3, 0.4) is 0 Å². The van der Waals surface area contributed by atoms with Gasteiger partial charge in [-0.2, -0.15) is 0 Å². The second kappa shape index (κ2) is 8.49. The molecular weight excluding hydrogens is 400 g/mol. The monoisotopic (exact) mass is 418 g/mol. The van der Waals surface area contributed by atoms with Crippen molar-refractivity contribution in [1.82, 2.24) is 25.6 Å². The molecule has 0 fully saturated rings. The third kappa shape index (κ3) is 4.58. The van der Waals surface area contributed by atoms with E-state index in [0.29, 0.717) is 0 Å². The molecule has 2 heterocycles. The lowest BCUT2D eigenvalue weighted by Gasteiger charge is -2.20. The van der Waals surface area contributed by atoms with Gasteiger partial charge in [0, 0.05) is 6.54 Å². The van der Waals surface area contributed by atoms with E-state index in [0.717, 1.165) is 16.3 Å². The lowest BCUT2D eigenvalue weighted by atomic mass is 10.0. The molecule has 5 N–H and O–H groups in total. The van der Waals surface area contributed by atoms with E-state index in [1.165, 1.54) is 18.6 Å². The molecule has 0 spiro atoms. The molecule has 4 aromatic rings. The van der Waals surface area contributed by atoms with Crippen molar-refractivity contribution in [3.8, 4) is 0 Å². The Kier molecular flexibility index (Phi) is 5.43. The number of anilines is 1. The molecule has 4 rings (SSSR count). The minimum atomic E-state index is -0.735. The molecule has 2 aromatic heterocycles. The molecule has 0 bridgehead atoms. The highest BCUT2D eigenvalue weighted by molar-refractivity contribution is 5.93. The zero-order valence-corrected chi connectivity index (χ0v) is 16.2. The number of amides is 2. The molecule has 1 unspecified atom stereocenters. The average Bonchev–Trinajstić information content (AvgIpc) is 3.22. The predicted molar refractivity (Wildman–Crippen MR) is 112 cm³/mol. The van der Waals surface area contributed by atoms with Crippen LogP contribution < -0.4 is 22.1 Å². The predicted octanol–water partition coefficient (Wildman–Crippen LogP) is 1.39. The lowest BCUT2D eigenvalue weighted by Crippen LogP contribution is -2.38. The summed E-state index contributed by atoms with van der Waals surface area (Å²) in [6.07, 6.45) is 3.80. The third-order valence-electron chi connectivity index (χ3n) is 4.58. The normalized spacial score (nSPS) is 11.7. The maximum atomic E-state index is 12.5. The summed E-state index contributed by atoms with van der Waals surface area (Å²) in [6, 6.07) is 12.8. The van der Waals surface area contributed by atoms with E-state index < -0.39 is 23.6 Å². The van der Waals surface area contributed by atoms with Crippen molar-refractivity contribution in [2.24, 2.45) is 0 Å². The number of aromatic amines is 1. The van der Waals surface area contributed by atoms with E-state index in [1.54, 1.807) is 0 Å². The van der Waals surface area contributed by atoms with Gasteiger partial charge >= 0.3 is 5.76 Å². The number of nitrogens with zero attached hydrogens (tertiary/aromatic N) is 2. The van der Waals surface area contributed by atoms with Gasteiger partial charge < -0.3 is 20.8 Å². The maximum Gasteiger partial charge on any atom is 0.416 e. The van der Waals surface area contributed by atoms with E-state index in [-0.39, 0.29) is 23.8 Å². The molecule has 0 saturated heterocycles. The topological polar surface area (TPSA) is 156 Å². The van der Waals surface area contributed by atoms with Crippen LogP contribution in [0.15, 0.2) is 70.3 Å². The highest BCUT2D eigenvalue weighted by Gasteiger charge is 2.20. The number of nitrogens with one attached hydrogen (secondary N) is 3. The number of oxazole rings is 1. The van der Waals surface area contributed by atoms with Gasteiger partial charge in [-0.1, -0.05) is 36.4 Å². The highest BCUT2D eigenvalue weighted by atomic mass is 16.4. The largest absolute Gasteiger partial charge is 0.416 e.